The van der Waals surface area contributed by atoms with Crippen molar-refractivity contribution in [2.75, 3.05) is 0 Å². The topological polar surface area (TPSA) is 49.4 Å². The maximum absolute atomic E-state index is 3.84. The van der Waals surface area contributed by atoms with Crippen LogP contribution in [0.4, 0.5) is 0 Å². The molecule has 4 nitrogen and oxygen atoms in total. The molecule has 0 aromatic rings. The summed E-state index contributed by atoms with van der Waals surface area (Å²) in [7, 11) is 0. The molecule has 0 fully saturated rings. The molecule has 2 aliphatic heterocycles. The Bertz CT molecular complexity index is 206. The molecule has 2 aliphatic rings. The van der Waals surface area contributed by atoms with Crippen LogP contribution in [0.5, 0.6) is 0 Å². The van der Waals surface area contributed by atoms with Crippen LogP contribution in [0.3, 0.4) is 0 Å². The second-order valence-electron chi connectivity index (χ2n) is 1.44. The van der Waals surface area contributed by atoms with Crippen LogP contribution in [0.15, 0.2) is 32.2 Å². The first-order chi connectivity index (χ1) is 3.97. The summed E-state index contributed by atoms with van der Waals surface area (Å²) in [4.78, 5) is 3.84. The number of allylic oxidation sites excluding steroid dienone is 1. The van der Waals surface area contributed by atoms with E-state index in [1.54, 1.807) is 12.3 Å². The number of aliphatic imine (C=N–C) groups is 1. The Labute approximate surface area is 45.3 Å². The zero-order valence-electron chi connectivity index (χ0n) is 3.94. The van der Waals surface area contributed by atoms with Gasteiger partial charge in [-0.15, -0.1) is 10.2 Å². The average molecular weight is 106 g/mol. The van der Waals surface area contributed by atoms with E-state index in [1.807, 2.05) is 0 Å². The van der Waals surface area contributed by atoms with Crippen LogP contribution >= 0.6 is 0 Å². The summed E-state index contributed by atoms with van der Waals surface area (Å²) in [5.74, 6) is 0.630. The predicted molar refractivity (Wildman–Crippen MR) is 28.9 cm³/mol. The fourth-order valence-electron chi connectivity index (χ4n) is 0.587. The van der Waals surface area contributed by atoms with Crippen LogP contribution in [-0.4, -0.2) is 12.1 Å². The number of nitrogens with zero attached hydrogens (tertiary/aromatic N) is 4. The summed E-state index contributed by atoms with van der Waals surface area (Å²) >= 11 is 0. The van der Waals surface area contributed by atoms with E-state index >= 15 is 0 Å². The quantitative estimate of drug-likeness (QED) is 0.437. The van der Waals surface area contributed by atoms with E-state index < -0.39 is 0 Å². The van der Waals surface area contributed by atoms with Crippen molar-refractivity contribution in [3.8, 4) is 0 Å². The third-order valence-corrected chi connectivity index (χ3v) is 0.950. The monoisotopic (exact) mass is 106 g/mol. The molecule has 8 heavy (non-hydrogen) atoms. The molecule has 38 valence electrons. The summed E-state index contributed by atoms with van der Waals surface area (Å²) in [6.45, 7) is 0. The van der Waals surface area contributed by atoms with Crippen molar-refractivity contribution in [3.05, 3.63) is 11.8 Å². The molecule has 2 rings (SSSR count). The van der Waals surface area contributed by atoms with Crippen molar-refractivity contribution >= 4 is 12.1 Å². The van der Waals surface area contributed by atoms with E-state index in [9.17, 15) is 0 Å². The second-order valence-corrected chi connectivity index (χ2v) is 1.44. The minimum absolute atomic E-state index is 0.630. The minimum Gasteiger partial charge on any atom is -0.234 e. The molecular formula is C4H2N4. The molecule has 0 spiro atoms. The van der Waals surface area contributed by atoms with Crippen LogP contribution in [0, 0.1) is 0 Å². The van der Waals surface area contributed by atoms with Gasteiger partial charge in [-0.05, 0) is 11.3 Å². The van der Waals surface area contributed by atoms with E-state index in [0.717, 1.165) is 5.70 Å². The summed E-state index contributed by atoms with van der Waals surface area (Å²) in [6.07, 6.45) is 3.43. The van der Waals surface area contributed by atoms with Crippen LogP contribution in [-0.2, 0) is 0 Å². The Morgan fingerprint density at radius 1 is 1.38 bits per heavy atom. The second kappa shape index (κ2) is 1.09. The van der Waals surface area contributed by atoms with Crippen LogP contribution in [0.1, 0.15) is 0 Å². The fourth-order valence-corrected chi connectivity index (χ4v) is 0.587. The van der Waals surface area contributed by atoms with Gasteiger partial charge in [-0.2, -0.15) is 0 Å². The lowest BCUT2D eigenvalue weighted by Crippen LogP contribution is -1.83. The van der Waals surface area contributed by atoms with E-state index in [1.165, 1.54) is 0 Å². The first-order valence-electron chi connectivity index (χ1n) is 2.20. The lowest BCUT2D eigenvalue weighted by Gasteiger charge is -1.76. The SMILES string of the molecule is C1=NC2=NN=NC2=C1. The maximum Gasteiger partial charge on any atom is 0.204 e. The highest BCUT2D eigenvalue weighted by Gasteiger charge is 2.12. The maximum atomic E-state index is 3.84. The molecule has 4 heteroatoms. The van der Waals surface area contributed by atoms with Gasteiger partial charge in [0.1, 0.15) is 5.70 Å². The zero-order valence-corrected chi connectivity index (χ0v) is 3.94. The van der Waals surface area contributed by atoms with Crippen LogP contribution in [0.2, 0.25) is 0 Å². The highest BCUT2D eigenvalue weighted by molar-refractivity contribution is 6.11. The lowest BCUT2D eigenvalue weighted by atomic mass is 10.4. The Balaban J connectivity index is 2.59. The number of amidine groups is 1. The van der Waals surface area contributed by atoms with Gasteiger partial charge in [-0.1, -0.05) is 0 Å². The Morgan fingerprint density at radius 2 is 2.38 bits per heavy atom. The molecule has 2 heterocycles. The number of hydrogen-bond acceptors (Lipinski definition) is 4. The summed E-state index contributed by atoms with van der Waals surface area (Å²) in [5, 5.41) is 10.7. The van der Waals surface area contributed by atoms with Crippen molar-refractivity contribution in [3.63, 3.8) is 0 Å². The van der Waals surface area contributed by atoms with Gasteiger partial charge in [0, 0.05) is 6.21 Å². The van der Waals surface area contributed by atoms with Gasteiger partial charge in [0.25, 0.3) is 0 Å². The predicted octanol–water partition coefficient (Wildman–Crippen LogP) is 0.734. The highest BCUT2D eigenvalue weighted by Crippen LogP contribution is 2.12. The highest BCUT2D eigenvalue weighted by atomic mass is 15.4. The molecule has 0 radical (unpaired) electrons. The lowest BCUT2D eigenvalue weighted by molar-refractivity contribution is 1.09. The van der Waals surface area contributed by atoms with Crippen molar-refractivity contribution in [2.24, 2.45) is 20.4 Å². The Kier molecular flexibility index (Phi) is 0.498. The van der Waals surface area contributed by atoms with E-state index in [-0.39, 0.29) is 0 Å². The largest absolute Gasteiger partial charge is 0.234 e. The molecule has 0 N–H and O–H groups in total. The molecule has 0 saturated carbocycles. The van der Waals surface area contributed by atoms with Gasteiger partial charge in [0.2, 0.25) is 5.84 Å². The van der Waals surface area contributed by atoms with Crippen molar-refractivity contribution in [1.82, 2.24) is 0 Å². The summed E-state index contributed by atoms with van der Waals surface area (Å²) < 4.78 is 0. The van der Waals surface area contributed by atoms with E-state index in [0.29, 0.717) is 5.84 Å². The molecular weight excluding hydrogens is 104 g/mol. The van der Waals surface area contributed by atoms with Gasteiger partial charge < -0.3 is 0 Å². The molecule has 0 bridgehead atoms. The molecule has 0 aromatic heterocycles. The molecule has 0 saturated heterocycles. The van der Waals surface area contributed by atoms with Gasteiger partial charge in [-0.3, -0.25) is 0 Å². The zero-order chi connectivity index (χ0) is 5.40. The van der Waals surface area contributed by atoms with E-state index in [4.69, 9.17) is 0 Å². The smallest absolute Gasteiger partial charge is 0.204 e. The van der Waals surface area contributed by atoms with Crippen LogP contribution < -0.4 is 0 Å². The standard InChI is InChI=1S/C4H2N4/c1-2-5-4-3(1)6-8-7-4/h1-2H. The molecule has 0 amide bonds. The third-order valence-electron chi connectivity index (χ3n) is 0.950. The molecule has 0 atom stereocenters. The number of hydrogen-bond donors (Lipinski definition) is 0. The summed E-state index contributed by atoms with van der Waals surface area (Å²) in [5.41, 5.74) is 0.769. The summed E-state index contributed by atoms with van der Waals surface area (Å²) in [6, 6.07) is 0. The minimum atomic E-state index is 0.630. The first-order valence-corrected chi connectivity index (χ1v) is 2.20. The first kappa shape index (κ1) is 3.65. The Morgan fingerprint density at radius 3 is 3.25 bits per heavy atom. The number of rotatable bonds is 0. The van der Waals surface area contributed by atoms with Gasteiger partial charge in [-0.25, -0.2) is 4.99 Å². The third kappa shape index (κ3) is 0.294. The van der Waals surface area contributed by atoms with Crippen molar-refractivity contribution in [1.29, 1.82) is 0 Å². The van der Waals surface area contributed by atoms with E-state index in [2.05, 4.69) is 20.4 Å². The van der Waals surface area contributed by atoms with Crippen LogP contribution in [0.25, 0.3) is 0 Å². The normalized spacial score (nSPS) is 21.0. The van der Waals surface area contributed by atoms with Gasteiger partial charge in [0.15, 0.2) is 0 Å². The molecule has 0 aromatic carbocycles. The average Bonchev–Trinajstić information content (AvgIpc) is 2.15. The Hall–Kier alpha value is -1.32. The molecule has 0 aliphatic carbocycles. The van der Waals surface area contributed by atoms with Gasteiger partial charge in [0.05, 0.1) is 0 Å². The van der Waals surface area contributed by atoms with Crippen molar-refractivity contribution in [2.45, 2.75) is 0 Å². The molecule has 0 unspecified atom stereocenters. The fraction of sp³-hybridized carbons (Fsp3) is 0. The number of fused-ring (bicyclic) bond motifs is 1. The van der Waals surface area contributed by atoms with Gasteiger partial charge >= 0.3 is 0 Å². The van der Waals surface area contributed by atoms with Crippen molar-refractivity contribution < 1.29 is 0 Å².